The predicted molar refractivity (Wildman–Crippen MR) is 113 cm³/mol. The van der Waals surface area contributed by atoms with Gasteiger partial charge in [-0.2, -0.15) is 0 Å². The number of amides is 1. The van der Waals surface area contributed by atoms with Crippen molar-refractivity contribution in [3.05, 3.63) is 64.2 Å². The van der Waals surface area contributed by atoms with Gasteiger partial charge in [0.15, 0.2) is 0 Å². The number of halogens is 1. The molecule has 0 saturated heterocycles. The summed E-state index contributed by atoms with van der Waals surface area (Å²) in [5, 5.41) is 10.7. The first kappa shape index (κ1) is 24.2. The minimum Gasteiger partial charge on any atom is -0.494 e. The topological polar surface area (TPSA) is 85.1 Å². The third-order valence-corrected chi connectivity index (χ3v) is 4.14. The van der Waals surface area contributed by atoms with Crippen LogP contribution >= 0.6 is 12.4 Å². The summed E-state index contributed by atoms with van der Waals surface area (Å²) in [5.41, 5.74) is 1.03. The molecule has 0 unspecified atom stereocenters. The van der Waals surface area contributed by atoms with Crippen LogP contribution in [0.3, 0.4) is 0 Å². The van der Waals surface area contributed by atoms with Gasteiger partial charge in [0.1, 0.15) is 11.5 Å². The van der Waals surface area contributed by atoms with Gasteiger partial charge >= 0.3 is 6.09 Å². The Labute approximate surface area is 176 Å². The molecular weight excluding hydrogens is 398 g/mol. The highest BCUT2D eigenvalue weighted by Crippen LogP contribution is 2.26. The molecule has 0 heterocycles. The Hall–Kier alpha value is -2.84. The molecule has 2 aromatic rings. The van der Waals surface area contributed by atoms with E-state index in [1.807, 2.05) is 32.3 Å². The van der Waals surface area contributed by atoms with Crippen LogP contribution in [0.4, 0.5) is 10.5 Å². The van der Waals surface area contributed by atoms with Crippen molar-refractivity contribution in [3.8, 4) is 11.5 Å². The number of nitrogens with zero attached hydrogens (tertiary/aromatic N) is 3. The quantitative estimate of drug-likeness (QED) is 0.468. The first-order chi connectivity index (χ1) is 13.3. The Morgan fingerprint density at radius 2 is 1.72 bits per heavy atom. The van der Waals surface area contributed by atoms with Gasteiger partial charge in [0.05, 0.1) is 11.5 Å². The highest BCUT2D eigenvalue weighted by Gasteiger charge is 2.16. The molecule has 0 saturated carbocycles. The average Bonchev–Trinajstić information content (AvgIpc) is 2.65. The zero-order valence-corrected chi connectivity index (χ0v) is 17.7. The minimum absolute atomic E-state index is 0. The van der Waals surface area contributed by atoms with E-state index in [0.29, 0.717) is 24.5 Å². The number of nitro groups is 1. The summed E-state index contributed by atoms with van der Waals surface area (Å²) in [7, 11) is 7.19. The Bertz CT molecular complexity index is 812. The Morgan fingerprint density at radius 1 is 1.07 bits per heavy atom. The van der Waals surface area contributed by atoms with Crippen molar-refractivity contribution in [2.24, 2.45) is 0 Å². The summed E-state index contributed by atoms with van der Waals surface area (Å²) in [6.07, 6.45) is 0.259. The molecule has 29 heavy (non-hydrogen) atoms. The number of nitro benzene ring substituents is 1. The Balaban J connectivity index is 0.00000420. The van der Waals surface area contributed by atoms with E-state index in [2.05, 4.69) is 4.90 Å². The maximum Gasteiger partial charge on any atom is 0.414 e. The molecule has 0 aliphatic rings. The van der Waals surface area contributed by atoms with Crippen molar-refractivity contribution < 1.29 is 19.2 Å². The van der Waals surface area contributed by atoms with Crippen molar-refractivity contribution in [3.63, 3.8) is 0 Å². The van der Waals surface area contributed by atoms with Crippen molar-refractivity contribution in [1.82, 2.24) is 9.80 Å². The van der Waals surface area contributed by atoms with Gasteiger partial charge in [-0.05, 0) is 43.9 Å². The summed E-state index contributed by atoms with van der Waals surface area (Å²) in [6, 6.07) is 13.5. The second-order valence-corrected chi connectivity index (χ2v) is 6.70. The van der Waals surface area contributed by atoms with Crippen LogP contribution in [0.5, 0.6) is 11.5 Å². The van der Waals surface area contributed by atoms with E-state index in [1.54, 1.807) is 32.3 Å². The third kappa shape index (κ3) is 7.24. The second kappa shape index (κ2) is 11.2. The summed E-state index contributed by atoms with van der Waals surface area (Å²) >= 11 is 0. The van der Waals surface area contributed by atoms with E-state index in [9.17, 15) is 14.9 Å². The van der Waals surface area contributed by atoms with Gasteiger partial charge in [0.2, 0.25) is 0 Å². The van der Waals surface area contributed by atoms with Gasteiger partial charge in [-0.25, -0.2) is 4.79 Å². The molecule has 0 spiro atoms. The van der Waals surface area contributed by atoms with Gasteiger partial charge in [-0.1, -0.05) is 12.1 Å². The molecule has 0 aromatic heterocycles. The number of carbonyl (C=O) groups is 1. The van der Waals surface area contributed by atoms with Gasteiger partial charge in [-0.3, -0.25) is 10.1 Å². The van der Waals surface area contributed by atoms with E-state index in [4.69, 9.17) is 9.47 Å². The Kier molecular flexibility index (Phi) is 9.37. The van der Waals surface area contributed by atoms with E-state index < -0.39 is 11.0 Å². The molecule has 0 fully saturated rings. The van der Waals surface area contributed by atoms with Crippen LogP contribution in [0.1, 0.15) is 18.0 Å². The lowest BCUT2D eigenvalue weighted by atomic mass is 10.0. The maximum absolute atomic E-state index is 11.8. The molecule has 158 valence electrons. The fourth-order valence-electron chi connectivity index (χ4n) is 2.65. The van der Waals surface area contributed by atoms with E-state index >= 15 is 0 Å². The molecule has 0 aliphatic heterocycles. The van der Waals surface area contributed by atoms with Crippen molar-refractivity contribution >= 4 is 24.2 Å². The van der Waals surface area contributed by atoms with Gasteiger partial charge < -0.3 is 19.3 Å². The van der Waals surface area contributed by atoms with Crippen LogP contribution in [-0.4, -0.2) is 55.6 Å². The minimum atomic E-state index is -0.443. The molecule has 0 aliphatic carbocycles. The molecule has 8 nitrogen and oxygen atoms in total. The maximum atomic E-state index is 11.8. The summed E-state index contributed by atoms with van der Waals surface area (Å²) in [5.74, 6) is 1.07. The van der Waals surface area contributed by atoms with Gasteiger partial charge in [0, 0.05) is 38.7 Å². The monoisotopic (exact) mass is 423 g/mol. The number of carbonyl (C=O) groups excluding carboxylic acids is 1. The van der Waals surface area contributed by atoms with Crippen LogP contribution in [0, 0.1) is 10.1 Å². The predicted octanol–water partition coefficient (Wildman–Crippen LogP) is 4.15. The fraction of sp³-hybridized carbons (Fsp3) is 0.350. The molecule has 0 radical (unpaired) electrons. The van der Waals surface area contributed by atoms with Crippen LogP contribution in [0.25, 0.3) is 0 Å². The van der Waals surface area contributed by atoms with E-state index in [1.165, 1.54) is 17.0 Å². The highest BCUT2D eigenvalue weighted by atomic mass is 35.5. The molecular formula is C20H26ClN3O5. The zero-order valence-electron chi connectivity index (χ0n) is 16.9. The van der Waals surface area contributed by atoms with Crippen LogP contribution in [0.15, 0.2) is 48.5 Å². The van der Waals surface area contributed by atoms with Crippen molar-refractivity contribution in [1.29, 1.82) is 0 Å². The number of non-ortho nitro benzene ring substituents is 1. The van der Waals surface area contributed by atoms with Crippen molar-refractivity contribution in [2.75, 3.05) is 34.8 Å². The lowest BCUT2D eigenvalue weighted by Crippen LogP contribution is -2.25. The molecule has 9 heteroatoms. The molecule has 0 bridgehead atoms. The first-order valence-electron chi connectivity index (χ1n) is 8.80. The van der Waals surface area contributed by atoms with E-state index in [0.717, 1.165) is 5.56 Å². The molecule has 1 atom stereocenters. The summed E-state index contributed by atoms with van der Waals surface area (Å²) < 4.78 is 11.1. The number of hydrogen-bond acceptors (Lipinski definition) is 6. The first-order valence-corrected chi connectivity index (χ1v) is 8.80. The lowest BCUT2D eigenvalue weighted by Gasteiger charge is -2.25. The lowest BCUT2D eigenvalue weighted by molar-refractivity contribution is -0.384. The molecule has 0 N–H and O–H groups in total. The largest absolute Gasteiger partial charge is 0.494 e. The third-order valence-electron chi connectivity index (χ3n) is 4.14. The molecule has 2 aromatic carbocycles. The van der Waals surface area contributed by atoms with E-state index in [-0.39, 0.29) is 24.1 Å². The standard InChI is InChI=1S/C20H25N3O5.ClH/c1-21(2)19(12-13-27-17-10-8-16(9-11-17)23(25)26)15-6-5-7-18(14-15)28-20(24)22(3)4;/h5-11,14,19H,12-13H2,1-4H3;1H/t19-;/m0./s1. The molecule has 2 rings (SSSR count). The molecule has 1 amide bonds. The fourth-order valence-corrected chi connectivity index (χ4v) is 2.65. The zero-order chi connectivity index (χ0) is 20.7. The highest BCUT2D eigenvalue weighted by molar-refractivity contribution is 5.85. The summed E-state index contributed by atoms with van der Waals surface area (Å²) in [4.78, 5) is 25.4. The average molecular weight is 424 g/mol. The SMILES string of the molecule is CN(C)C(=O)Oc1cccc([C@H](CCOc2ccc([N+](=O)[O-])cc2)N(C)C)c1.Cl. The number of rotatable bonds is 8. The van der Waals surface area contributed by atoms with Crippen LogP contribution < -0.4 is 9.47 Å². The smallest absolute Gasteiger partial charge is 0.414 e. The number of benzene rings is 2. The van der Waals surface area contributed by atoms with Gasteiger partial charge in [0.25, 0.3) is 5.69 Å². The normalized spacial score (nSPS) is 11.3. The Morgan fingerprint density at radius 3 is 2.28 bits per heavy atom. The number of hydrogen-bond donors (Lipinski definition) is 0. The van der Waals surface area contributed by atoms with Crippen LogP contribution in [-0.2, 0) is 0 Å². The van der Waals surface area contributed by atoms with Crippen LogP contribution in [0.2, 0.25) is 0 Å². The van der Waals surface area contributed by atoms with Crippen molar-refractivity contribution in [2.45, 2.75) is 12.5 Å². The second-order valence-electron chi connectivity index (χ2n) is 6.70. The number of ether oxygens (including phenoxy) is 2. The summed E-state index contributed by atoms with van der Waals surface area (Å²) in [6.45, 7) is 0.433. The van der Waals surface area contributed by atoms with Gasteiger partial charge in [-0.15, -0.1) is 12.4 Å².